The Hall–Kier alpha value is -1.27. The summed E-state index contributed by atoms with van der Waals surface area (Å²) in [6, 6.07) is 3.91. The fourth-order valence-electron chi connectivity index (χ4n) is 2.43. The second kappa shape index (κ2) is 5.26. The molecule has 0 radical (unpaired) electrons. The topological polar surface area (TPSA) is 49.5 Å². The summed E-state index contributed by atoms with van der Waals surface area (Å²) in [6.45, 7) is 3.17. The van der Waals surface area contributed by atoms with E-state index in [2.05, 4.69) is 0 Å². The third-order valence-electron chi connectivity index (χ3n) is 3.77. The first-order valence-corrected chi connectivity index (χ1v) is 6.58. The highest BCUT2D eigenvalue weighted by Crippen LogP contribution is 2.34. The quantitative estimate of drug-likeness (QED) is 0.823. The molecule has 1 saturated heterocycles. The Morgan fingerprint density at radius 3 is 2.45 bits per heavy atom. The van der Waals surface area contributed by atoms with E-state index in [-0.39, 0.29) is 17.8 Å². The van der Waals surface area contributed by atoms with Gasteiger partial charge in [-0.3, -0.25) is 4.90 Å². The average Bonchev–Trinajstić information content (AvgIpc) is 2.33. The van der Waals surface area contributed by atoms with E-state index in [1.807, 2.05) is 4.90 Å². The highest BCUT2D eigenvalue weighted by atomic mass is 19.4. The van der Waals surface area contributed by atoms with Gasteiger partial charge >= 0.3 is 6.18 Å². The Kier molecular flexibility index (Phi) is 3.97. The second-order valence-electron chi connectivity index (χ2n) is 5.69. The number of halogens is 3. The van der Waals surface area contributed by atoms with E-state index in [1.165, 1.54) is 12.1 Å². The van der Waals surface area contributed by atoms with Gasteiger partial charge in [0.25, 0.3) is 0 Å². The third kappa shape index (κ3) is 3.64. The zero-order chi connectivity index (χ0) is 15.0. The molecule has 0 aliphatic carbocycles. The molecule has 112 valence electrons. The monoisotopic (exact) mass is 288 g/mol. The Labute approximate surface area is 116 Å². The lowest BCUT2D eigenvalue weighted by atomic mass is 9.93. The number of hydrogen-bond acceptors (Lipinski definition) is 3. The molecule has 0 amide bonds. The summed E-state index contributed by atoms with van der Waals surface area (Å²) in [6.07, 6.45) is -3.25. The Balaban J connectivity index is 2.14. The van der Waals surface area contributed by atoms with Crippen molar-refractivity contribution >= 4 is 5.69 Å². The van der Waals surface area contributed by atoms with Crippen LogP contribution in [0.5, 0.6) is 0 Å². The number of piperidine rings is 1. The minimum Gasteiger partial charge on any atom is -0.399 e. The summed E-state index contributed by atoms with van der Waals surface area (Å²) < 4.78 is 39.0. The van der Waals surface area contributed by atoms with E-state index >= 15 is 0 Å². The summed E-state index contributed by atoms with van der Waals surface area (Å²) >= 11 is 0. The molecular formula is C14H19F3N2O. The predicted octanol–water partition coefficient (Wildman–Crippen LogP) is 2.63. The number of alkyl halides is 3. The van der Waals surface area contributed by atoms with Crippen LogP contribution in [0.1, 0.15) is 30.9 Å². The van der Waals surface area contributed by atoms with Crippen LogP contribution in [0.15, 0.2) is 18.2 Å². The van der Waals surface area contributed by atoms with Gasteiger partial charge in [-0.05, 0) is 37.5 Å². The van der Waals surface area contributed by atoms with Crippen molar-refractivity contribution < 1.29 is 18.3 Å². The van der Waals surface area contributed by atoms with Gasteiger partial charge in [-0.2, -0.15) is 13.2 Å². The van der Waals surface area contributed by atoms with Crippen molar-refractivity contribution in [2.75, 3.05) is 18.8 Å². The predicted molar refractivity (Wildman–Crippen MR) is 71.0 cm³/mol. The van der Waals surface area contributed by atoms with Crippen molar-refractivity contribution in [2.45, 2.75) is 38.1 Å². The second-order valence-corrected chi connectivity index (χ2v) is 5.69. The minimum absolute atomic E-state index is 0.114. The van der Waals surface area contributed by atoms with Crippen LogP contribution in [0, 0.1) is 0 Å². The number of nitrogens with two attached hydrogens (primary N) is 1. The zero-order valence-corrected chi connectivity index (χ0v) is 11.4. The summed E-state index contributed by atoms with van der Waals surface area (Å²) in [5, 5.41) is 9.86. The van der Waals surface area contributed by atoms with Crippen molar-refractivity contribution in [1.82, 2.24) is 4.90 Å². The van der Waals surface area contributed by atoms with Gasteiger partial charge in [0.1, 0.15) is 0 Å². The van der Waals surface area contributed by atoms with E-state index in [1.54, 1.807) is 6.92 Å². The van der Waals surface area contributed by atoms with E-state index in [4.69, 9.17) is 5.73 Å². The molecule has 0 unspecified atom stereocenters. The first-order valence-electron chi connectivity index (χ1n) is 6.58. The third-order valence-corrected chi connectivity index (χ3v) is 3.77. The van der Waals surface area contributed by atoms with Crippen LogP contribution in [-0.4, -0.2) is 28.7 Å². The molecule has 0 aromatic heterocycles. The van der Waals surface area contributed by atoms with Gasteiger partial charge in [0, 0.05) is 25.3 Å². The lowest BCUT2D eigenvalue weighted by molar-refractivity contribution is -0.138. The number of aliphatic hydroxyl groups is 1. The van der Waals surface area contributed by atoms with Gasteiger partial charge in [-0.15, -0.1) is 0 Å². The first-order chi connectivity index (χ1) is 9.17. The summed E-state index contributed by atoms with van der Waals surface area (Å²) in [4.78, 5) is 1.93. The van der Waals surface area contributed by atoms with E-state index in [0.717, 1.165) is 6.07 Å². The highest BCUT2D eigenvalue weighted by molar-refractivity contribution is 5.46. The molecule has 2 rings (SSSR count). The molecule has 0 saturated carbocycles. The number of hydrogen-bond donors (Lipinski definition) is 2. The van der Waals surface area contributed by atoms with E-state index in [9.17, 15) is 18.3 Å². The SMILES string of the molecule is CC1(O)CCN(Cc2ccc(N)cc2C(F)(F)F)CC1. The van der Waals surface area contributed by atoms with Crippen molar-refractivity contribution in [1.29, 1.82) is 0 Å². The summed E-state index contributed by atoms with van der Waals surface area (Å²) in [5.74, 6) is 0. The Bertz CT molecular complexity index is 476. The van der Waals surface area contributed by atoms with Gasteiger partial charge in [0.2, 0.25) is 0 Å². The molecule has 0 spiro atoms. The molecule has 0 bridgehead atoms. The standard InChI is InChI=1S/C14H19F3N2O/c1-13(20)4-6-19(7-5-13)9-10-2-3-11(18)8-12(10)14(15,16)17/h2-3,8,20H,4-7,9,18H2,1H3. The highest BCUT2D eigenvalue weighted by Gasteiger charge is 2.34. The number of nitrogens with zero attached hydrogens (tertiary/aromatic N) is 1. The van der Waals surface area contributed by atoms with Crippen LogP contribution in [0.25, 0.3) is 0 Å². The Morgan fingerprint density at radius 1 is 1.30 bits per heavy atom. The normalized spacial score (nSPS) is 20.1. The molecule has 1 aromatic rings. The Morgan fingerprint density at radius 2 is 1.90 bits per heavy atom. The van der Waals surface area contributed by atoms with Gasteiger partial charge in [0.05, 0.1) is 11.2 Å². The maximum atomic E-state index is 13.0. The van der Waals surface area contributed by atoms with Crippen molar-refractivity contribution in [3.05, 3.63) is 29.3 Å². The molecule has 6 heteroatoms. The van der Waals surface area contributed by atoms with Crippen molar-refractivity contribution in [3.63, 3.8) is 0 Å². The number of likely N-dealkylation sites (tertiary alicyclic amines) is 1. The maximum Gasteiger partial charge on any atom is 0.416 e. The van der Waals surface area contributed by atoms with Crippen molar-refractivity contribution in [3.8, 4) is 0 Å². The molecule has 1 aliphatic heterocycles. The number of nitrogen functional groups attached to an aromatic ring is 1. The van der Waals surface area contributed by atoms with Crippen LogP contribution in [0.3, 0.4) is 0 Å². The largest absolute Gasteiger partial charge is 0.416 e. The molecule has 1 aromatic carbocycles. The molecule has 1 fully saturated rings. The lowest BCUT2D eigenvalue weighted by Gasteiger charge is -2.36. The van der Waals surface area contributed by atoms with Crippen molar-refractivity contribution in [2.24, 2.45) is 0 Å². The smallest absolute Gasteiger partial charge is 0.399 e. The summed E-state index contributed by atoms with van der Waals surface area (Å²) in [7, 11) is 0. The molecule has 1 heterocycles. The molecule has 3 N–H and O–H groups in total. The van der Waals surface area contributed by atoms with Crippen LogP contribution >= 0.6 is 0 Å². The fraction of sp³-hybridized carbons (Fsp3) is 0.571. The molecule has 0 atom stereocenters. The average molecular weight is 288 g/mol. The lowest BCUT2D eigenvalue weighted by Crippen LogP contribution is -2.42. The van der Waals surface area contributed by atoms with Crippen LogP contribution in [0.4, 0.5) is 18.9 Å². The zero-order valence-electron chi connectivity index (χ0n) is 11.4. The van der Waals surface area contributed by atoms with E-state index < -0.39 is 17.3 Å². The molecule has 1 aliphatic rings. The number of rotatable bonds is 2. The van der Waals surface area contributed by atoms with Crippen LogP contribution in [-0.2, 0) is 12.7 Å². The molecule has 20 heavy (non-hydrogen) atoms. The minimum atomic E-state index is -4.40. The molecule has 3 nitrogen and oxygen atoms in total. The van der Waals surface area contributed by atoms with Crippen LogP contribution < -0.4 is 5.73 Å². The number of anilines is 1. The van der Waals surface area contributed by atoms with Gasteiger partial charge in [-0.1, -0.05) is 6.07 Å². The first kappa shape index (κ1) is 15.1. The van der Waals surface area contributed by atoms with Gasteiger partial charge < -0.3 is 10.8 Å². The fourth-order valence-corrected chi connectivity index (χ4v) is 2.43. The molecular weight excluding hydrogens is 269 g/mol. The van der Waals surface area contributed by atoms with E-state index in [0.29, 0.717) is 25.9 Å². The maximum absolute atomic E-state index is 13.0. The summed E-state index contributed by atoms with van der Waals surface area (Å²) in [5.41, 5.74) is 4.41. The van der Waals surface area contributed by atoms with Crippen LogP contribution in [0.2, 0.25) is 0 Å². The number of benzene rings is 1. The van der Waals surface area contributed by atoms with Gasteiger partial charge in [-0.25, -0.2) is 0 Å². The van der Waals surface area contributed by atoms with Gasteiger partial charge in [0.15, 0.2) is 0 Å².